The van der Waals surface area contributed by atoms with Crippen molar-refractivity contribution in [1.82, 2.24) is 20.0 Å². The van der Waals surface area contributed by atoms with Crippen LogP contribution in [0.2, 0.25) is 0 Å². The zero-order valence-electron chi connectivity index (χ0n) is 13.8. The van der Waals surface area contributed by atoms with Crippen LogP contribution in [-0.2, 0) is 13.0 Å². The molecule has 0 aromatic carbocycles. The van der Waals surface area contributed by atoms with Gasteiger partial charge in [-0.15, -0.1) is 35.3 Å². The number of hydrogen-bond acceptors (Lipinski definition) is 3. The standard InChI is InChI=1S/C17H21N5S.HI/c1-13-5-3-7-16-21-14(12-22(13)16)11-20-17(18-2)19-9-8-15-6-4-10-23-15;/h3-7,10,12H,8-9,11H2,1-2H3,(H2,18,19,20);1H. The number of nitrogens with zero attached hydrogens (tertiary/aromatic N) is 3. The highest BCUT2D eigenvalue weighted by molar-refractivity contribution is 14.0. The quantitative estimate of drug-likeness (QED) is 0.353. The summed E-state index contributed by atoms with van der Waals surface area (Å²) in [5.74, 6) is 0.801. The predicted molar refractivity (Wildman–Crippen MR) is 112 cm³/mol. The van der Waals surface area contributed by atoms with Crippen LogP contribution in [0.5, 0.6) is 0 Å². The summed E-state index contributed by atoms with van der Waals surface area (Å²) in [6.45, 7) is 3.60. The van der Waals surface area contributed by atoms with Gasteiger partial charge in [0.25, 0.3) is 0 Å². The minimum Gasteiger partial charge on any atom is -0.356 e. The number of fused-ring (bicyclic) bond motifs is 1. The fourth-order valence-electron chi connectivity index (χ4n) is 2.44. The highest BCUT2D eigenvalue weighted by Crippen LogP contribution is 2.09. The molecular weight excluding hydrogens is 433 g/mol. The zero-order valence-corrected chi connectivity index (χ0v) is 17.0. The van der Waals surface area contributed by atoms with Gasteiger partial charge in [-0.05, 0) is 36.9 Å². The Hall–Kier alpha value is -1.61. The fraction of sp³-hybridized carbons (Fsp3) is 0.294. The van der Waals surface area contributed by atoms with Crippen molar-refractivity contribution in [2.75, 3.05) is 13.6 Å². The molecule has 0 fully saturated rings. The van der Waals surface area contributed by atoms with Crippen LogP contribution >= 0.6 is 35.3 Å². The van der Waals surface area contributed by atoms with E-state index < -0.39 is 0 Å². The van der Waals surface area contributed by atoms with E-state index in [0.29, 0.717) is 6.54 Å². The lowest BCUT2D eigenvalue weighted by Gasteiger charge is -2.10. The van der Waals surface area contributed by atoms with Crippen LogP contribution in [0.15, 0.2) is 46.9 Å². The number of nitrogens with one attached hydrogen (secondary N) is 2. The molecule has 3 aromatic rings. The Morgan fingerprint density at radius 2 is 2.12 bits per heavy atom. The molecule has 128 valence electrons. The van der Waals surface area contributed by atoms with E-state index in [0.717, 1.165) is 30.3 Å². The lowest BCUT2D eigenvalue weighted by molar-refractivity contribution is 0.790. The average Bonchev–Trinajstić information content (AvgIpc) is 3.20. The smallest absolute Gasteiger partial charge is 0.191 e. The molecule has 0 aliphatic carbocycles. The molecule has 0 bridgehead atoms. The first-order valence-corrected chi connectivity index (χ1v) is 8.55. The van der Waals surface area contributed by atoms with E-state index in [1.807, 2.05) is 12.1 Å². The normalized spacial score (nSPS) is 11.3. The maximum atomic E-state index is 4.62. The number of aryl methyl sites for hydroxylation is 1. The van der Waals surface area contributed by atoms with E-state index in [2.05, 4.69) is 61.7 Å². The van der Waals surface area contributed by atoms with Gasteiger partial charge < -0.3 is 15.0 Å². The van der Waals surface area contributed by atoms with Crippen molar-refractivity contribution in [3.63, 3.8) is 0 Å². The van der Waals surface area contributed by atoms with Crippen molar-refractivity contribution < 1.29 is 0 Å². The van der Waals surface area contributed by atoms with Gasteiger partial charge >= 0.3 is 0 Å². The summed E-state index contributed by atoms with van der Waals surface area (Å²) >= 11 is 1.78. The fourth-order valence-corrected chi connectivity index (χ4v) is 3.15. The third kappa shape index (κ3) is 4.70. The van der Waals surface area contributed by atoms with E-state index in [1.165, 1.54) is 10.6 Å². The van der Waals surface area contributed by atoms with E-state index in [1.54, 1.807) is 18.4 Å². The van der Waals surface area contributed by atoms with Crippen LogP contribution in [0.3, 0.4) is 0 Å². The van der Waals surface area contributed by atoms with Gasteiger partial charge in [0, 0.05) is 30.4 Å². The molecule has 0 atom stereocenters. The molecule has 3 heterocycles. The number of guanidine groups is 1. The number of imidazole rings is 1. The molecule has 0 aliphatic heterocycles. The predicted octanol–water partition coefficient (Wildman–Crippen LogP) is 3.23. The van der Waals surface area contributed by atoms with Gasteiger partial charge in [0.1, 0.15) is 5.65 Å². The lowest BCUT2D eigenvalue weighted by Crippen LogP contribution is -2.37. The van der Waals surface area contributed by atoms with E-state index in [9.17, 15) is 0 Å². The molecule has 0 radical (unpaired) electrons. The molecule has 0 saturated heterocycles. The van der Waals surface area contributed by atoms with E-state index in [-0.39, 0.29) is 24.0 Å². The summed E-state index contributed by atoms with van der Waals surface area (Å²) in [6.07, 6.45) is 3.07. The number of rotatable bonds is 5. The van der Waals surface area contributed by atoms with Crippen LogP contribution in [0.1, 0.15) is 16.3 Å². The number of thiophene rings is 1. The Balaban J connectivity index is 0.00000208. The molecule has 24 heavy (non-hydrogen) atoms. The van der Waals surface area contributed by atoms with Gasteiger partial charge in [0.2, 0.25) is 0 Å². The van der Waals surface area contributed by atoms with Crippen LogP contribution < -0.4 is 10.6 Å². The Morgan fingerprint density at radius 1 is 1.25 bits per heavy atom. The van der Waals surface area contributed by atoms with Crippen LogP contribution in [0, 0.1) is 6.92 Å². The second-order valence-corrected chi connectivity index (χ2v) is 6.34. The third-order valence-electron chi connectivity index (χ3n) is 3.65. The van der Waals surface area contributed by atoms with Crippen molar-refractivity contribution in [3.8, 4) is 0 Å². The van der Waals surface area contributed by atoms with Crippen LogP contribution in [0.25, 0.3) is 5.65 Å². The van der Waals surface area contributed by atoms with Crippen molar-refractivity contribution in [3.05, 3.63) is 58.2 Å². The lowest BCUT2D eigenvalue weighted by atomic mass is 10.3. The van der Waals surface area contributed by atoms with Gasteiger partial charge in [-0.1, -0.05) is 12.1 Å². The molecule has 0 amide bonds. The largest absolute Gasteiger partial charge is 0.356 e. The summed E-state index contributed by atoms with van der Waals surface area (Å²) in [5, 5.41) is 8.75. The van der Waals surface area contributed by atoms with Crippen LogP contribution in [-0.4, -0.2) is 28.9 Å². The maximum Gasteiger partial charge on any atom is 0.191 e. The molecular formula is C17H22IN5S. The summed E-state index contributed by atoms with van der Waals surface area (Å²) < 4.78 is 2.10. The van der Waals surface area contributed by atoms with Gasteiger partial charge in [-0.25, -0.2) is 4.98 Å². The SMILES string of the molecule is CN=C(NCCc1cccs1)NCc1cn2c(C)cccc2n1.I. The van der Waals surface area contributed by atoms with Crippen molar-refractivity contribution >= 4 is 46.9 Å². The Kier molecular flexibility index (Phi) is 7.04. The molecule has 7 heteroatoms. The number of hydrogen-bond donors (Lipinski definition) is 2. The van der Waals surface area contributed by atoms with Crippen molar-refractivity contribution in [2.24, 2.45) is 4.99 Å². The highest BCUT2D eigenvalue weighted by atomic mass is 127. The van der Waals surface area contributed by atoms with Crippen molar-refractivity contribution in [1.29, 1.82) is 0 Å². The number of halogens is 1. The van der Waals surface area contributed by atoms with Gasteiger partial charge in [0.05, 0.1) is 12.2 Å². The molecule has 3 aromatic heterocycles. The number of aromatic nitrogens is 2. The highest BCUT2D eigenvalue weighted by Gasteiger charge is 2.04. The van der Waals surface area contributed by atoms with Gasteiger partial charge in [0.15, 0.2) is 5.96 Å². The third-order valence-corrected chi connectivity index (χ3v) is 4.59. The summed E-state index contributed by atoms with van der Waals surface area (Å²) in [4.78, 5) is 10.3. The summed E-state index contributed by atoms with van der Waals surface area (Å²) in [7, 11) is 1.79. The molecule has 2 N–H and O–H groups in total. The second-order valence-electron chi connectivity index (χ2n) is 5.31. The molecule has 0 aliphatic rings. The monoisotopic (exact) mass is 455 g/mol. The Bertz CT molecular complexity index is 795. The molecule has 5 nitrogen and oxygen atoms in total. The Labute approximate surface area is 163 Å². The maximum absolute atomic E-state index is 4.62. The number of pyridine rings is 1. The zero-order chi connectivity index (χ0) is 16.1. The van der Waals surface area contributed by atoms with Crippen molar-refractivity contribution in [2.45, 2.75) is 19.9 Å². The first-order chi connectivity index (χ1) is 11.3. The minimum absolute atomic E-state index is 0. The molecule has 0 saturated carbocycles. The first kappa shape index (κ1) is 18.7. The average molecular weight is 455 g/mol. The minimum atomic E-state index is 0. The first-order valence-electron chi connectivity index (χ1n) is 7.67. The summed E-state index contributed by atoms with van der Waals surface area (Å²) in [5.41, 5.74) is 3.16. The summed E-state index contributed by atoms with van der Waals surface area (Å²) in [6, 6.07) is 10.4. The molecule has 3 rings (SSSR count). The molecule has 0 unspecified atom stereocenters. The Morgan fingerprint density at radius 3 is 2.83 bits per heavy atom. The topological polar surface area (TPSA) is 53.7 Å². The second kappa shape index (κ2) is 9.03. The number of aliphatic imine (C=N–C) groups is 1. The van der Waals surface area contributed by atoms with Gasteiger partial charge in [-0.2, -0.15) is 0 Å². The van der Waals surface area contributed by atoms with E-state index in [4.69, 9.17) is 0 Å². The van der Waals surface area contributed by atoms with E-state index >= 15 is 0 Å². The van der Waals surface area contributed by atoms with Gasteiger partial charge in [-0.3, -0.25) is 4.99 Å². The molecule has 0 spiro atoms. The van der Waals surface area contributed by atoms with Crippen LogP contribution in [0.4, 0.5) is 0 Å².